The fourth-order valence-corrected chi connectivity index (χ4v) is 5.67. The highest BCUT2D eigenvalue weighted by Crippen LogP contribution is 2.36. The van der Waals surface area contributed by atoms with E-state index in [2.05, 4.69) is 58.1 Å². The fourth-order valence-electron chi connectivity index (χ4n) is 5.67. The molecule has 1 aromatic heterocycles. The topological polar surface area (TPSA) is 95.1 Å². The lowest BCUT2D eigenvalue weighted by Gasteiger charge is -2.36. The van der Waals surface area contributed by atoms with Crippen LogP contribution in [0.1, 0.15) is 37.7 Å². The highest BCUT2D eigenvalue weighted by Gasteiger charge is 2.23. The molecule has 3 aromatic rings. The number of hydrogen-bond donors (Lipinski definition) is 2. The number of carbonyl (C=O) groups is 1. The zero-order chi connectivity index (χ0) is 30.3. The zero-order valence-electron chi connectivity index (χ0n) is 25.7. The van der Waals surface area contributed by atoms with Crippen LogP contribution in [0, 0.1) is 6.92 Å². The van der Waals surface area contributed by atoms with E-state index in [0.717, 1.165) is 74.6 Å². The highest BCUT2D eigenvalue weighted by molar-refractivity contribution is 5.99. The summed E-state index contributed by atoms with van der Waals surface area (Å²) in [4.78, 5) is 28.6. The van der Waals surface area contributed by atoms with Gasteiger partial charge >= 0.3 is 0 Å². The number of hydrogen-bond acceptors (Lipinski definition) is 9. The number of amides is 1. The van der Waals surface area contributed by atoms with Crippen LogP contribution in [0.2, 0.25) is 0 Å². The number of anilines is 5. The molecule has 5 rings (SSSR count). The third-order valence-corrected chi connectivity index (χ3v) is 8.25. The summed E-state index contributed by atoms with van der Waals surface area (Å²) >= 11 is 0. The molecule has 43 heavy (non-hydrogen) atoms. The molecule has 2 aliphatic rings. The molecule has 0 saturated carbocycles. The summed E-state index contributed by atoms with van der Waals surface area (Å²) in [6.45, 7) is 9.30. The van der Waals surface area contributed by atoms with E-state index in [1.54, 1.807) is 19.4 Å². The first-order valence-corrected chi connectivity index (χ1v) is 15.0. The van der Waals surface area contributed by atoms with E-state index in [1.165, 1.54) is 12.5 Å². The van der Waals surface area contributed by atoms with Gasteiger partial charge in [-0.15, -0.1) is 0 Å². The maximum absolute atomic E-state index is 12.0. The van der Waals surface area contributed by atoms with Crippen molar-refractivity contribution in [3.8, 4) is 17.4 Å². The summed E-state index contributed by atoms with van der Waals surface area (Å²) in [5.74, 6) is 2.65. The Balaban J connectivity index is 1.39. The average Bonchev–Trinajstić information content (AvgIpc) is 3.03. The Kier molecular flexibility index (Phi) is 9.66. The van der Waals surface area contributed by atoms with Gasteiger partial charge in [-0.25, -0.2) is 4.98 Å². The van der Waals surface area contributed by atoms with Gasteiger partial charge in [-0.2, -0.15) is 4.98 Å². The standard InChI is InChI=1S/C33H43N7O3/c1-6-31(41)36-28-21-26(12-10-23(28)2)43-33-32(40-16-8-7-9-17-40)34-22-30(37-33)35-27-13-11-25(20-29(27)42-5)39-18-14-24(15-19-39)38(3)4/h6,10-13,20-22,24H,1,7-9,14-19H2,2-5H3,(H,35,37)(H,36,41). The summed E-state index contributed by atoms with van der Waals surface area (Å²) in [6.07, 6.45) is 8.66. The average molecular weight is 586 g/mol. The Morgan fingerprint density at radius 1 is 1.02 bits per heavy atom. The molecule has 3 heterocycles. The van der Waals surface area contributed by atoms with Crippen molar-refractivity contribution in [2.24, 2.45) is 0 Å². The van der Waals surface area contributed by atoms with Crippen LogP contribution in [0.5, 0.6) is 17.4 Å². The number of aromatic nitrogens is 2. The lowest BCUT2D eigenvalue weighted by Crippen LogP contribution is -2.41. The van der Waals surface area contributed by atoms with Crippen LogP contribution in [0.4, 0.5) is 28.7 Å². The third-order valence-electron chi connectivity index (χ3n) is 8.25. The lowest BCUT2D eigenvalue weighted by atomic mass is 10.0. The van der Waals surface area contributed by atoms with Crippen molar-refractivity contribution in [2.45, 2.75) is 45.1 Å². The number of aryl methyl sites for hydroxylation is 1. The van der Waals surface area contributed by atoms with Crippen molar-refractivity contribution in [1.82, 2.24) is 14.9 Å². The summed E-state index contributed by atoms with van der Waals surface area (Å²) in [6, 6.07) is 12.4. The van der Waals surface area contributed by atoms with E-state index in [0.29, 0.717) is 35.0 Å². The minimum Gasteiger partial charge on any atom is -0.494 e. The van der Waals surface area contributed by atoms with E-state index in [-0.39, 0.29) is 5.91 Å². The van der Waals surface area contributed by atoms with E-state index in [9.17, 15) is 4.79 Å². The summed E-state index contributed by atoms with van der Waals surface area (Å²) < 4.78 is 12.2. The van der Waals surface area contributed by atoms with Gasteiger partial charge in [0.15, 0.2) is 11.6 Å². The van der Waals surface area contributed by atoms with Crippen LogP contribution >= 0.6 is 0 Å². The normalized spacial score (nSPS) is 15.7. The SMILES string of the molecule is C=CC(=O)Nc1cc(Oc2nc(Nc3ccc(N4CCC(N(C)C)CC4)cc3OC)cnc2N2CCCCC2)ccc1C. The maximum atomic E-state index is 12.0. The zero-order valence-corrected chi connectivity index (χ0v) is 25.7. The first-order chi connectivity index (χ1) is 20.8. The van der Waals surface area contributed by atoms with Crippen molar-refractivity contribution < 1.29 is 14.3 Å². The first kappa shape index (κ1) is 30.2. The molecule has 10 heteroatoms. The monoisotopic (exact) mass is 585 g/mol. The molecule has 0 spiro atoms. The second-order valence-corrected chi connectivity index (χ2v) is 11.4. The van der Waals surface area contributed by atoms with Gasteiger partial charge in [-0.3, -0.25) is 4.79 Å². The highest BCUT2D eigenvalue weighted by atomic mass is 16.5. The van der Waals surface area contributed by atoms with Gasteiger partial charge in [-0.05, 0) is 83.0 Å². The van der Waals surface area contributed by atoms with Crippen molar-refractivity contribution in [3.63, 3.8) is 0 Å². The van der Waals surface area contributed by atoms with Gasteiger partial charge in [0, 0.05) is 55.7 Å². The predicted molar refractivity (Wildman–Crippen MR) is 173 cm³/mol. The van der Waals surface area contributed by atoms with Gasteiger partial charge in [-0.1, -0.05) is 12.6 Å². The minimum atomic E-state index is -0.279. The number of carbonyl (C=O) groups excluding carboxylic acids is 1. The smallest absolute Gasteiger partial charge is 0.265 e. The van der Waals surface area contributed by atoms with Crippen molar-refractivity contribution >= 4 is 34.6 Å². The number of ether oxygens (including phenoxy) is 2. The number of nitrogens with one attached hydrogen (secondary N) is 2. The van der Waals surface area contributed by atoms with Crippen LogP contribution in [0.3, 0.4) is 0 Å². The lowest BCUT2D eigenvalue weighted by molar-refractivity contribution is -0.111. The molecule has 0 aliphatic carbocycles. The van der Waals surface area contributed by atoms with Gasteiger partial charge in [0.2, 0.25) is 5.91 Å². The maximum Gasteiger partial charge on any atom is 0.265 e. The molecular weight excluding hydrogens is 542 g/mol. The number of methoxy groups -OCH3 is 1. The van der Waals surface area contributed by atoms with Crippen LogP contribution in [-0.2, 0) is 4.79 Å². The Morgan fingerprint density at radius 3 is 2.49 bits per heavy atom. The molecule has 2 fully saturated rings. The third kappa shape index (κ3) is 7.37. The second kappa shape index (κ2) is 13.8. The van der Waals surface area contributed by atoms with E-state index in [1.807, 2.05) is 25.1 Å². The molecule has 0 bridgehead atoms. The summed E-state index contributed by atoms with van der Waals surface area (Å²) in [5.41, 5.74) is 3.51. The largest absolute Gasteiger partial charge is 0.494 e. The molecule has 10 nitrogen and oxygen atoms in total. The molecule has 2 N–H and O–H groups in total. The predicted octanol–water partition coefficient (Wildman–Crippen LogP) is 5.97. The van der Waals surface area contributed by atoms with Crippen molar-refractivity contribution in [2.75, 3.05) is 67.8 Å². The van der Waals surface area contributed by atoms with E-state index in [4.69, 9.17) is 19.4 Å². The molecule has 0 radical (unpaired) electrons. The van der Waals surface area contributed by atoms with Gasteiger partial charge in [0.25, 0.3) is 5.88 Å². The second-order valence-electron chi connectivity index (χ2n) is 11.4. The molecule has 2 saturated heterocycles. The Bertz CT molecular complexity index is 1430. The number of piperidine rings is 2. The first-order valence-electron chi connectivity index (χ1n) is 15.0. The molecule has 1 amide bonds. The molecule has 2 aliphatic heterocycles. The minimum absolute atomic E-state index is 0.279. The number of nitrogens with zero attached hydrogens (tertiary/aromatic N) is 5. The van der Waals surface area contributed by atoms with Gasteiger partial charge < -0.3 is 34.8 Å². The molecule has 2 aromatic carbocycles. The Labute approximate surface area is 254 Å². The summed E-state index contributed by atoms with van der Waals surface area (Å²) in [7, 11) is 6.00. The van der Waals surface area contributed by atoms with Crippen LogP contribution in [0.15, 0.2) is 55.3 Å². The van der Waals surface area contributed by atoms with E-state index >= 15 is 0 Å². The van der Waals surface area contributed by atoms with Crippen LogP contribution in [0.25, 0.3) is 0 Å². The molecule has 0 atom stereocenters. The number of rotatable bonds is 10. The quantitative estimate of drug-likeness (QED) is 0.279. The van der Waals surface area contributed by atoms with Crippen LogP contribution in [-0.4, -0.2) is 74.2 Å². The van der Waals surface area contributed by atoms with Gasteiger partial charge in [0.05, 0.1) is 19.0 Å². The van der Waals surface area contributed by atoms with Crippen molar-refractivity contribution in [3.05, 3.63) is 60.8 Å². The Morgan fingerprint density at radius 2 is 1.79 bits per heavy atom. The summed E-state index contributed by atoms with van der Waals surface area (Å²) in [5, 5.41) is 6.24. The van der Waals surface area contributed by atoms with E-state index < -0.39 is 0 Å². The molecule has 228 valence electrons. The Hall–Kier alpha value is -4.31. The van der Waals surface area contributed by atoms with Crippen molar-refractivity contribution in [1.29, 1.82) is 0 Å². The van der Waals surface area contributed by atoms with Gasteiger partial charge in [0.1, 0.15) is 11.5 Å². The fraction of sp³-hybridized carbons (Fsp3) is 0.424. The molecule has 0 unspecified atom stereocenters. The van der Waals surface area contributed by atoms with Crippen LogP contribution < -0.4 is 29.9 Å². The number of benzene rings is 2. The molecular formula is C33H43N7O3.